The van der Waals surface area contributed by atoms with Gasteiger partial charge in [-0.1, -0.05) is 0 Å². The van der Waals surface area contributed by atoms with E-state index in [0.717, 1.165) is 16.6 Å². The zero-order valence-corrected chi connectivity index (χ0v) is 10.3. The van der Waals surface area contributed by atoms with E-state index in [1.807, 2.05) is 43.3 Å². The van der Waals surface area contributed by atoms with E-state index in [2.05, 4.69) is 4.98 Å². The molecule has 0 aliphatic carbocycles. The van der Waals surface area contributed by atoms with Gasteiger partial charge in [0.05, 0.1) is 6.61 Å². The highest BCUT2D eigenvalue weighted by atomic mass is 16.5. The fourth-order valence-corrected chi connectivity index (χ4v) is 1.72. The fraction of sp³-hybridized carbons (Fsp3) is 0.308. The molecular weight excluding hydrogens is 216 g/mol. The third kappa shape index (κ3) is 2.25. The molecule has 0 aliphatic rings. The van der Waals surface area contributed by atoms with Gasteiger partial charge in [-0.05, 0) is 31.2 Å². The van der Waals surface area contributed by atoms with E-state index in [0.29, 0.717) is 12.3 Å². The summed E-state index contributed by atoms with van der Waals surface area (Å²) in [5, 5.41) is 1.01. The molecule has 0 radical (unpaired) electrons. The Morgan fingerprint density at radius 2 is 2.12 bits per heavy atom. The molecule has 0 saturated heterocycles. The molecule has 1 N–H and O–H groups in total. The number of H-pyrrole nitrogens is 1. The van der Waals surface area contributed by atoms with E-state index in [-0.39, 0.29) is 5.97 Å². The summed E-state index contributed by atoms with van der Waals surface area (Å²) in [5.41, 5.74) is 2.54. The number of nitrogens with one attached hydrogen (secondary N) is 1. The van der Waals surface area contributed by atoms with Crippen molar-refractivity contribution >= 4 is 22.6 Å². The molecule has 90 valence electrons. The van der Waals surface area contributed by atoms with Crippen LogP contribution < -0.4 is 4.90 Å². The summed E-state index contributed by atoms with van der Waals surface area (Å²) in [4.78, 5) is 16.6. The zero-order valence-electron chi connectivity index (χ0n) is 10.3. The molecular formula is C13H16N2O2. The van der Waals surface area contributed by atoms with Crippen LogP contribution in [0.1, 0.15) is 17.4 Å². The van der Waals surface area contributed by atoms with E-state index in [1.165, 1.54) is 0 Å². The standard InChI is InChI=1S/C13H16N2O2/c1-4-17-13(16)12-8-9-7-10(15(2)3)5-6-11(9)14-12/h5-8,14H,4H2,1-3H3. The minimum absolute atomic E-state index is 0.310. The Kier molecular flexibility index (Phi) is 3.04. The molecule has 17 heavy (non-hydrogen) atoms. The maximum atomic E-state index is 11.6. The van der Waals surface area contributed by atoms with Crippen molar-refractivity contribution in [3.05, 3.63) is 30.0 Å². The maximum absolute atomic E-state index is 11.6. The lowest BCUT2D eigenvalue weighted by molar-refractivity contribution is 0.0520. The third-order valence-electron chi connectivity index (χ3n) is 2.62. The van der Waals surface area contributed by atoms with Crippen molar-refractivity contribution in [2.24, 2.45) is 0 Å². The number of carbonyl (C=O) groups excluding carboxylic acids is 1. The summed E-state index contributed by atoms with van der Waals surface area (Å²) in [5.74, 6) is -0.310. The SMILES string of the molecule is CCOC(=O)c1cc2cc(N(C)C)ccc2[nH]1. The van der Waals surface area contributed by atoms with Gasteiger partial charge in [-0.3, -0.25) is 0 Å². The van der Waals surface area contributed by atoms with Crippen LogP contribution in [0.25, 0.3) is 10.9 Å². The molecule has 0 fully saturated rings. The predicted octanol–water partition coefficient (Wildman–Crippen LogP) is 2.41. The van der Waals surface area contributed by atoms with Crippen LogP contribution in [0.5, 0.6) is 0 Å². The second-order valence-corrected chi connectivity index (χ2v) is 4.07. The second kappa shape index (κ2) is 4.49. The van der Waals surface area contributed by atoms with Crippen LogP contribution in [0.2, 0.25) is 0 Å². The number of aromatic amines is 1. The van der Waals surface area contributed by atoms with Gasteiger partial charge in [0.15, 0.2) is 0 Å². The van der Waals surface area contributed by atoms with Gasteiger partial charge in [0, 0.05) is 30.7 Å². The Balaban J connectivity index is 2.40. The highest BCUT2D eigenvalue weighted by Crippen LogP contribution is 2.21. The number of esters is 1. The normalized spacial score (nSPS) is 10.5. The minimum atomic E-state index is -0.310. The van der Waals surface area contributed by atoms with Crippen molar-refractivity contribution < 1.29 is 9.53 Å². The number of benzene rings is 1. The molecule has 0 saturated carbocycles. The largest absolute Gasteiger partial charge is 0.461 e. The lowest BCUT2D eigenvalue weighted by Gasteiger charge is -2.11. The van der Waals surface area contributed by atoms with Crippen molar-refractivity contribution in [1.29, 1.82) is 0 Å². The summed E-state index contributed by atoms with van der Waals surface area (Å²) in [6.45, 7) is 2.18. The van der Waals surface area contributed by atoms with E-state index >= 15 is 0 Å². The van der Waals surface area contributed by atoms with E-state index in [4.69, 9.17) is 4.74 Å². The first kappa shape index (κ1) is 11.5. The number of anilines is 1. The molecule has 4 nitrogen and oxygen atoms in total. The highest BCUT2D eigenvalue weighted by Gasteiger charge is 2.10. The summed E-state index contributed by atoms with van der Waals surface area (Å²) >= 11 is 0. The Bertz CT molecular complexity index is 543. The van der Waals surface area contributed by atoms with Crippen molar-refractivity contribution in [1.82, 2.24) is 4.98 Å². The van der Waals surface area contributed by atoms with Gasteiger partial charge < -0.3 is 14.6 Å². The zero-order chi connectivity index (χ0) is 12.4. The molecule has 1 aromatic heterocycles. The number of nitrogens with zero attached hydrogens (tertiary/aromatic N) is 1. The highest BCUT2D eigenvalue weighted by molar-refractivity contribution is 5.95. The van der Waals surface area contributed by atoms with Gasteiger partial charge in [0.2, 0.25) is 0 Å². The van der Waals surface area contributed by atoms with Gasteiger partial charge in [-0.15, -0.1) is 0 Å². The molecule has 2 aromatic rings. The van der Waals surface area contributed by atoms with Crippen LogP contribution in [0.3, 0.4) is 0 Å². The number of aromatic nitrogens is 1. The van der Waals surface area contributed by atoms with Crippen LogP contribution in [0, 0.1) is 0 Å². The van der Waals surface area contributed by atoms with E-state index < -0.39 is 0 Å². The first-order valence-corrected chi connectivity index (χ1v) is 5.59. The molecule has 1 heterocycles. The molecule has 4 heteroatoms. The summed E-state index contributed by atoms with van der Waals surface area (Å²) < 4.78 is 4.95. The molecule has 0 atom stereocenters. The average Bonchev–Trinajstić information content (AvgIpc) is 2.71. The van der Waals surface area contributed by atoms with Crippen molar-refractivity contribution in [3.8, 4) is 0 Å². The van der Waals surface area contributed by atoms with E-state index in [1.54, 1.807) is 6.92 Å². The number of hydrogen-bond acceptors (Lipinski definition) is 3. The molecule has 1 aromatic carbocycles. The molecule has 0 spiro atoms. The molecule has 0 unspecified atom stereocenters. The smallest absolute Gasteiger partial charge is 0.354 e. The van der Waals surface area contributed by atoms with Crippen LogP contribution in [-0.2, 0) is 4.74 Å². The molecule has 0 bridgehead atoms. The van der Waals surface area contributed by atoms with Gasteiger partial charge >= 0.3 is 5.97 Å². The molecule has 0 amide bonds. The van der Waals surface area contributed by atoms with Gasteiger partial charge in [0.1, 0.15) is 5.69 Å². The molecule has 2 rings (SSSR count). The first-order valence-electron chi connectivity index (χ1n) is 5.59. The average molecular weight is 232 g/mol. The maximum Gasteiger partial charge on any atom is 0.354 e. The van der Waals surface area contributed by atoms with Crippen LogP contribution in [0.4, 0.5) is 5.69 Å². The lowest BCUT2D eigenvalue weighted by Crippen LogP contribution is -2.07. The van der Waals surface area contributed by atoms with Crippen LogP contribution in [0.15, 0.2) is 24.3 Å². The van der Waals surface area contributed by atoms with Crippen LogP contribution >= 0.6 is 0 Å². The Labute approximate surface area is 100 Å². The predicted molar refractivity (Wildman–Crippen MR) is 68.6 cm³/mol. The van der Waals surface area contributed by atoms with Crippen molar-refractivity contribution in [2.45, 2.75) is 6.92 Å². The third-order valence-corrected chi connectivity index (χ3v) is 2.62. The second-order valence-electron chi connectivity index (χ2n) is 4.07. The quantitative estimate of drug-likeness (QED) is 0.826. The van der Waals surface area contributed by atoms with Crippen molar-refractivity contribution in [3.63, 3.8) is 0 Å². The number of hydrogen-bond donors (Lipinski definition) is 1. The van der Waals surface area contributed by atoms with Gasteiger partial charge in [-0.2, -0.15) is 0 Å². The molecule has 0 aliphatic heterocycles. The first-order chi connectivity index (χ1) is 8.11. The Morgan fingerprint density at radius 3 is 2.76 bits per heavy atom. The number of fused-ring (bicyclic) bond motifs is 1. The summed E-state index contributed by atoms with van der Waals surface area (Å²) in [6, 6.07) is 7.83. The fourth-order valence-electron chi connectivity index (χ4n) is 1.72. The van der Waals surface area contributed by atoms with Gasteiger partial charge in [-0.25, -0.2) is 4.79 Å². The summed E-state index contributed by atoms with van der Waals surface area (Å²) in [7, 11) is 3.97. The Hall–Kier alpha value is -1.97. The number of rotatable bonds is 3. The van der Waals surface area contributed by atoms with Crippen LogP contribution in [-0.4, -0.2) is 31.7 Å². The lowest BCUT2D eigenvalue weighted by atomic mass is 10.2. The van der Waals surface area contributed by atoms with Gasteiger partial charge in [0.25, 0.3) is 0 Å². The Morgan fingerprint density at radius 1 is 1.35 bits per heavy atom. The number of carbonyl (C=O) groups is 1. The van der Waals surface area contributed by atoms with Crippen molar-refractivity contribution in [2.75, 3.05) is 25.6 Å². The topological polar surface area (TPSA) is 45.3 Å². The number of ether oxygens (including phenoxy) is 1. The monoisotopic (exact) mass is 232 g/mol. The minimum Gasteiger partial charge on any atom is -0.461 e. The summed E-state index contributed by atoms with van der Waals surface area (Å²) in [6.07, 6.45) is 0. The van der Waals surface area contributed by atoms with E-state index in [9.17, 15) is 4.79 Å².